The molecule has 36 heavy (non-hydrogen) atoms. The van der Waals surface area contributed by atoms with Gasteiger partial charge >= 0.3 is 12.4 Å². The first-order chi connectivity index (χ1) is 16.5. The second-order valence-corrected chi connectivity index (χ2v) is 10.1. The van der Waals surface area contributed by atoms with Crippen LogP contribution in [0, 0.1) is 0 Å². The Bertz CT molecular complexity index is 1180. The molecule has 1 saturated carbocycles. The average Bonchev–Trinajstić information content (AvgIpc) is 3.54. The summed E-state index contributed by atoms with van der Waals surface area (Å²) in [7, 11) is 1.26. The summed E-state index contributed by atoms with van der Waals surface area (Å²) in [6, 6.07) is 5.65. The number of rotatable bonds is 7. The van der Waals surface area contributed by atoms with Gasteiger partial charge in [-0.15, -0.1) is 0 Å². The van der Waals surface area contributed by atoms with Crippen molar-refractivity contribution in [3.05, 3.63) is 85.5 Å². The molecular formula is C24H18Cl4F7N. The number of benzene rings is 2. The smallest absolute Gasteiger partial charge is 0.369 e. The maximum absolute atomic E-state index is 15.0. The highest BCUT2D eigenvalue weighted by Gasteiger charge is 2.50. The van der Waals surface area contributed by atoms with Crippen LogP contribution >= 0.6 is 46.4 Å². The molecule has 0 bridgehead atoms. The van der Waals surface area contributed by atoms with E-state index < -0.39 is 41.6 Å². The van der Waals surface area contributed by atoms with Gasteiger partial charge in [0.2, 0.25) is 0 Å². The number of hydrogen-bond donors (Lipinski definition) is 0. The molecule has 1 aliphatic carbocycles. The molecule has 196 valence electrons. The number of nitrogens with zero attached hydrogens (tertiary/aromatic N) is 1. The number of alkyl halides is 6. The van der Waals surface area contributed by atoms with Crippen molar-refractivity contribution in [2.45, 2.75) is 36.5 Å². The minimum Gasteiger partial charge on any atom is -0.369 e. The number of halogens is 11. The maximum atomic E-state index is 15.0. The van der Waals surface area contributed by atoms with E-state index in [0.29, 0.717) is 24.5 Å². The van der Waals surface area contributed by atoms with Crippen LogP contribution in [0.1, 0.15) is 35.4 Å². The van der Waals surface area contributed by atoms with E-state index in [0.717, 1.165) is 23.1 Å². The van der Waals surface area contributed by atoms with Gasteiger partial charge in [-0.25, -0.2) is 4.39 Å². The van der Waals surface area contributed by atoms with Crippen LogP contribution in [0.2, 0.25) is 20.1 Å². The minimum absolute atomic E-state index is 0.00347. The summed E-state index contributed by atoms with van der Waals surface area (Å²) in [4.78, 5) is 0.980. The number of likely N-dealkylation sites (N-methyl/N-ethyl adjacent to an activating group) is 1. The molecule has 1 atom stereocenters. The van der Waals surface area contributed by atoms with E-state index in [9.17, 15) is 26.3 Å². The van der Waals surface area contributed by atoms with Crippen molar-refractivity contribution in [1.82, 2.24) is 4.90 Å². The van der Waals surface area contributed by atoms with Crippen molar-refractivity contribution >= 4 is 52.2 Å². The lowest BCUT2D eigenvalue weighted by molar-refractivity contribution is -0.140. The molecule has 0 radical (unpaired) electrons. The molecule has 2 aromatic rings. The van der Waals surface area contributed by atoms with Crippen molar-refractivity contribution in [2.24, 2.45) is 0 Å². The Labute approximate surface area is 223 Å². The first kappa shape index (κ1) is 29.0. The van der Waals surface area contributed by atoms with Crippen LogP contribution < -0.4 is 0 Å². The van der Waals surface area contributed by atoms with Gasteiger partial charge in [0.05, 0.1) is 15.1 Å². The molecular weight excluding hydrogens is 577 g/mol. The van der Waals surface area contributed by atoms with Crippen LogP contribution in [-0.2, 0) is 5.41 Å². The lowest BCUT2D eigenvalue weighted by Crippen LogP contribution is -2.34. The van der Waals surface area contributed by atoms with Crippen LogP contribution in [0.3, 0.4) is 0 Å². The Morgan fingerprint density at radius 2 is 1.56 bits per heavy atom. The third-order valence-electron chi connectivity index (χ3n) is 5.97. The predicted molar refractivity (Wildman–Crippen MR) is 130 cm³/mol. The molecule has 0 aromatic heterocycles. The molecule has 0 N–H and O–H groups in total. The first-order valence-corrected chi connectivity index (χ1v) is 11.8. The van der Waals surface area contributed by atoms with Crippen molar-refractivity contribution in [3.63, 3.8) is 0 Å². The van der Waals surface area contributed by atoms with Crippen LogP contribution in [0.25, 0.3) is 5.83 Å². The van der Waals surface area contributed by atoms with E-state index in [1.54, 1.807) is 0 Å². The van der Waals surface area contributed by atoms with E-state index in [4.69, 9.17) is 46.4 Å². The molecule has 0 spiro atoms. The van der Waals surface area contributed by atoms with Gasteiger partial charge in [-0.1, -0.05) is 65.1 Å². The van der Waals surface area contributed by atoms with Gasteiger partial charge < -0.3 is 4.90 Å². The summed E-state index contributed by atoms with van der Waals surface area (Å²) in [5, 5.41) is -0.581. The first-order valence-electron chi connectivity index (χ1n) is 10.3. The molecule has 1 aliphatic rings. The monoisotopic (exact) mass is 593 g/mol. The normalized spacial score (nSPS) is 16.6. The maximum Gasteiger partial charge on any atom is 0.405 e. The molecule has 0 aliphatic heterocycles. The van der Waals surface area contributed by atoms with Gasteiger partial charge in [0.25, 0.3) is 0 Å². The third-order valence-corrected chi connectivity index (χ3v) is 7.48. The average molecular weight is 595 g/mol. The summed E-state index contributed by atoms with van der Waals surface area (Å²) in [5.41, 5.74) is -0.904. The second-order valence-electron chi connectivity index (χ2n) is 8.53. The fraction of sp³-hybridized carbons (Fsp3) is 0.333. The Morgan fingerprint density at radius 1 is 1.00 bits per heavy atom. The van der Waals surface area contributed by atoms with E-state index >= 15 is 4.39 Å². The fourth-order valence-electron chi connectivity index (χ4n) is 4.00. The highest BCUT2D eigenvalue weighted by molar-refractivity contribution is 6.48. The number of hydrogen-bond acceptors (Lipinski definition) is 1. The zero-order valence-electron chi connectivity index (χ0n) is 18.5. The van der Waals surface area contributed by atoms with Crippen molar-refractivity contribution < 1.29 is 30.7 Å². The zero-order valence-corrected chi connectivity index (χ0v) is 21.5. The molecule has 3 rings (SSSR count). The molecule has 0 heterocycles. The Balaban J connectivity index is 1.94. The van der Waals surface area contributed by atoms with Gasteiger partial charge in [0, 0.05) is 28.7 Å². The lowest BCUT2D eigenvalue weighted by Gasteiger charge is -2.30. The SMILES string of the molecule is C=C(N(C)CC(F)(F)F)C1(c2ccc(/C(F)=C/C(c3cc(Cl)c(Cl)c(Cl)c3)C(F)(F)F)cc2Cl)CC1. The van der Waals surface area contributed by atoms with E-state index in [1.165, 1.54) is 19.2 Å². The Kier molecular flexibility index (Phi) is 8.26. The molecule has 1 unspecified atom stereocenters. The highest BCUT2D eigenvalue weighted by Crippen LogP contribution is 2.56. The van der Waals surface area contributed by atoms with Crippen LogP contribution in [0.15, 0.2) is 48.7 Å². The zero-order chi connectivity index (χ0) is 27.2. The quantitative estimate of drug-likeness (QED) is 0.228. The lowest BCUT2D eigenvalue weighted by atomic mass is 9.90. The summed E-state index contributed by atoms with van der Waals surface area (Å²) in [6.45, 7) is 2.58. The van der Waals surface area contributed by atoms with Gasteiger partial charge in [-0.2, -0.15) is 26.3 Å². The van der Waals surface area contributed by atoms with Crippen molar-refractivity contribution in [3.8, 4) is 0 Å². The Hall–Kier alpha value is -1.61. The predicted octanol–water partition coefficient (Wildman–Crippen LogP) is 10.00. The second kappa shape index (κ2) is 10.3. The van der Waals surface area contributed by atoms with Gasteiger partial charge in [-0.05, 0) is 48.2 Å². The molecule has 0 amide bonds. The largest absolute Gasteiger partial charge is 0.405 e. The molecule has 0 saturated heterocycles. The molecule has 2 aromatic carbocycles. The van der Waals surface area contributed by atoms with E-state index in [1.807, 2.05) is 0 Å². The van der Waals surface area contributed by atoms with E-state index in [-0.39, 0.29) is 31.4 Å². The standard InChI is InChI=1S/C24H18Cl4F7N/c1-12(36(2)11-23(30,31)32)22(5-6-22)15-4-3-13(7-17(15)25)20(29)10-16(24(33,34)35)14-8-18(26)21(28)19(27)9-14/h3-4,7-10,16H,1,5-6,11H2,2H3/b20-10-. The summed E-state index contributed by atoms with van der Waals surface area (Å²) < 4.78 is 94.8. The summed E-state index contributed by atoms with van der Waals surface area (Å²) >= 11 is 23.8. The fourth-order valence-corrected chi connectivity index (χ4v) is 4.97. The van der Waals surface area contributed by atoms with Crippen LogP contribution in [0.4, 0.5) is 30.7 Å². The van der Waals surface area contributed by atoms with Crippen molar-refractivity contribution in [1.29, 1.82) is 0 Å². The van der Waals surface area contributed by atoms with Gasteiger partial charge in [0.1, 0.15) is 18.3 Å². The number of allylic oxidation sites excluding steroid dienone is 2. The molecule has 1 nitrogen and oxygen atoms in total. The molecule has 1 fully saturated rings. The van der Waals surface area contributed by atoms with E-state index in [2.05, 4.69) is 6.58 Å². The van der Waals surface area contributed by atoms with Gasteiger partial charge in [0.15, 0.2) is 0 Å². The summed E-state index contributed by atoms with van der Waals surface area (Å²) in [6.07, 6.45) is -8.02. The highest BCUT2D eigenvalue weighted by atomic mass is 35.5. The summed E-state index contributed by atoms with van der Waals surface area (Å²) in [5.74, 6) is -3.61. The van der Waals surface area contributed by atoms with Crippen LogP contribution in [-0.4, -0.2) is 30.8 Å². The Morgan fingerprint density at radius 3 is 2.00 bits per heavy atom. The van der Waals surface area contributed by atoms with Crippen molar-refractivity contribution in [2.75, 3.05) is 13.6 Å². The van der Waals surface area contributed by atoms with Crippen LogP contribution in [0.5, 0.6) is 0 Å². The minimum atomic E-state index is -4.89. The topological polar surface area (TPSA) is 3.24 Å². The molecule has 12 heteroatoms. The van der Waals surface area contributed by atoms with Gasteiger partial charge in [-0.3, -0.25) is 0 Å². The third kappa shape index (κ3) is 6.26.